The second kappa shape index (κ2) is 6.21. The Morgan fingerprint density at radius 2 is 2.08 bits per heavy atom. The van der Waals surface area contributed by atoms with Crippen LogP contribution in [0.25, 0.3) is 0 Å². The van der Waals surface area contributed by atoms with E-state index in [4.69, 9.17) is 5.11 Å². The number of carboxylic acid groups (broad SMARTS) is 1. The molecule has 3 N–H and O–H groups in total. The molecule has 0 unspecified atom stereocenters. The Labute approximate surface area is 70.5 Å². The first-order valence-corrected chi connectivity index (χ1v) is 3.51. The quantitative estimate of drug-likeness (QED) is 0.508. The van der Waals surface area contributed by atoms with Gasteiger partial charge >= 0.3 is 12.0 Å². The van der Waals surface area contributed by atoms with Crippen LogP contribution in [0, 0.1) is 0 Å². The van der Waals surface area contributed by atoms with Gasteiger partial charge in [-0.1, -0.05) is 6.08 Å². The third kappa shape index (κ3) is 6.60. The van der Waals surface area contributed by atoms with Crippen molar-refractivity contribution in [1.29, 1.82) is 0 Å². The number of hydrogen-bond acceptors (Lipinski definition) is 2. The van der Waals surface area contributed by atoms with Gasteiger partial charge in [0.05, 0.1) is 6.42 Å². The Morgan fingerprint density at radius 1 is 1.42 bits per heavy atom. The summed E-state index contributed by atoms with van der Waals surface area (Å²) in [6.07, 6.45) is 1.47. The van der Waals surface area contributed by atoms with Gasteiger partial charge < -0.3 is 15.7 Å². The predicted molar refractivity (Wildman–Crippen MR) is 43.9 cm³/mol. The van der Waals surface area contributed by atoms with Gasteiger partial charge in [0.25, 0.3) is 0 Å². The van der Waals surface area contributed by atoms with Crippen molar-refractivity contribution in [3.8, 4) is 0 Å². The fourth-order valence-corrected chi connectivity index (χ4v) is 0.510. The summed E-state index contributed by atoms with van der Waals surface area (Å²) in [5.74, 6) is -0.931. The molecule has 68 valence electrons. The highest BCUT2D eigenvalue weighted by Gasteiger charge is 1.99. The van der Waals surface area contributed by atoms with Crippen molar-refractivity contribution in [2.45, 2.75) is 6.42 Å². The number of rotatable bonds is 5. The van der Waals surface area contributed by atoms with Crippen LogP contribution in [0.15, 0.2) is 12.7 Å². The molecule has 0 aliphatic rings. The van der Waals surface area contributed by atoms with E-state index in [0.29, 0.717) is 6.54 Å². The van der Waals surface area contributed by atoms with Crippen LogP contribution < -0.4 is 10.6 Å². The number of carbonyl (C=O) groups is 2. The molecule has 0 aromatic heterocycles. The molecule has 2 amide bonds. The van der Waals surface area contributed by atoms with Crippen molar-refractivity contribution >= 4 is 12.0 Å². The maximum atomic E-state index is 10.7. The molecule has 12 heavy (non-hydrogen) atoms. The highest BCUT2D eigenvalue weighted by atomic mass is 16.4. The Balaban J connectivity index is 3.31. The van der Waals surface area contributed by atoms with E-state index in [1.165, 1.54) is 6.08 Å². The maximum Gasteiger partial charge on any atom is 0.315 e. The lowest BCUT2D eigenvalue weighted by Crippen LogP contribution is -2.36. The first-order valence-electron chi connectivity index (χ1n) is 3.51. The molecule has 0 spiro atoms. The predicted octanol–water partition coefficient (Wildman–Crippen LogP) is -0.0537. The minimum absolute atomic E-state index is 0.0679. The second-order valence-electron chi connectivity index (χ2n) is 2.07. The standard InChI is InChI=1S/C7H12N2O3/c1-2-4-8-7(12)9-5-3-6(10)11/h2H,1,3-5H2,(H,10,11)(H2,8,9,12). The van der Waals surface area contributed by atoms with Crippen molar-refractivity contribution in [3.05, 3.63) is 12.7 Å². The van der Waals surface area contributed by atoms with E-state index in [-0.39, 0.29) is 19.0 Å². The van der Waals surface area contributed by atoms with Gasteiger partial charge in [-0.3, -0.25) is 4.79 Å². The Morgan fingerprint density at radius 3 is 2.58 bits per heavy atom. The Kier molecular flexibility index (Phi) is 5.42. The van der Waals surface area contributed by atoms with Gasteiger partial charge in [-0.15, -0.1) is 6.58 Å². The Hall–Kier alpha value is -1.52. The summed E-state index contributed by atoms with van der Waals surface area (Å²) >= 11 is 0. The molecule has 0 radical (unpaired) electrons. The number of nitrogens with one attached hydrogen (secondary N) is 2. The molecule has 0 saturated carbocycles. The zero-order chi connectivity index (χ0) is 9.40. The number of aliphatic carboxylic acids is 1. The summed E-state index contributed by atoms with van der Waals surface area (Å²) in [5, 5.41) is 13.0. The van der Waals surface area contributed by atoms with Crippen molar-refractivity contribution in [2.24, 2.45) is 0 Å². The largest absolute Gasteiger partial charge is 0.481 e. The topological polar surface area (TPSA) is 78.4 Å². The van der Waals surface area contributed by atoms with Gasteiger partial charge in [-0.2, -0.15) is 0 Å². The van der Waals surface area contributed by atoms with E-state index in [0.717, 1.165) is 0 Å². The normalized spacial score (nSPS) is 8.67. The summed E-state index contributed by atoms with van der Waals surface area (Å²) in [5.41, 5.74) is 0. The number of amides is 2. The van der Waals surface area contributed by atoms with E-state index >= 15 is 0 Å². The van der Waals surface area contributed by atoms with Crippen molar-refractivity contribution < 1.29 is 14.7 Å². The Bertz CT molecular complexity index is 179. The lowest BCUT2D eigenvalue weighted by molar-refractivity contribution is -0.136. The molecular formula is C7H12N2O3. The average molecular weight is 172 g/mol. The molecule has 0 aromatic carbocycles. The van der Waals surface area contributed by atoms with Gasteiger partial charge in [0, 0.05) is 13.1 Å². The molecule has 0 aromatic rings. The van der Waals surface area contributed by atoms with E-state index in [1.807, 2.05) is 0 Å². The van der Waals surface area contributed by atoms with Crippen LogP contribution in [0.4, 0.5) is 4.79 Å². The second-order valence-corrected chi connectivity index (χ2v) is 2.07. The summed E-state index contributed by atoms with van der Waals surface area (Å²) in [4.78, 5) is 20.7. The lowest BCUT2D eigenvalue weighted by Gasteiger charge is -2.02. The SMILES string of the molecule is C=CCNC(=O)NCCC(=O)O. The van der Waals surface area contributed by atoms with Crippen LogP contribution in [-0.4, -0.2) is 30.2 Å². The molecule has 5 nitrogen and oxygen atoms in total. The number of carbonyl (C=O) groups excluding carboxylic acids is 1. The summed E-state index contributed by atoms with van der Waals surface area (Å²) < 4.78 is 0. The molecule has 0 aliphatic carbocycles. The van der Waals surface area contributed by atoms with Crippen LogP contribution >= 0.6 is 0 Å². The molecule has 5 heteroatoms. The molecule has 0 heterocycles. The zero-order valence-corrected chi connectivity index (χ0v) is 6.67. The first-order chi connectivity index (χ1) is 5.66. The third-order valence-electron chi connectivity index (χ3n) is 1.03. The summed E-state index contributed by atoms with van der Waals surface area (Å²) in [6, 6.07) is -0.379. The van der Waals surface area contributed by atoms with Crippen LogP contribution in [0.1, 0.15) is 6.42 Å². The van der Waals surface area contributed by atoms with E-state index < -0.39 is 5.97 Å². The van der Waals surface area contributed by atoms with Gasteiger partial charge in [0.15, 0.2) is 0 Å². The zero-order valence-electron chi connectivity index (χ0n) is 6.67. The average Bonchev–Trinajstić information content (AvgIpc) is 2.00. The fourth-order valence-electron chi connectivity index (χ4n) is 0.510. The van der Waals surface area contributed by atoms with Gasteiger partial charge in [-0.05, 0) is 0 Å². The molecule has 0 rings (SSSR count). The van der Waals surface area contributed by atoms with E-state index in [9.17, 15) is 9.59 Å². The lowest BCUT2D eigenvalue weighted by atomic mass is 10.4. The van der Waals surface area contributed by atoms with Crippen LogP contribution in [0.3, 0.4) is 0 Å². The monoisotopic (exact) mass is 172 g/mol. The first kappa shape index (κ1) is 10.5. The number of hydrogen-bond donors (Lipinski definition) is 3. The minimum atomic E-state index is -0.931. The van der Waals surface area contributed by atoms with Crippen LogP contribution in [0.5, 0.6) is 0 Å². The molecule has 0 bridgehead atoms. The molecule has 0 fully saturated rings. The summed E-state index contributed by atoms with van der Waals surface area (Å²) in [7, 11) is 0. The molecule has 0 saturated heterocycles. The van der Waals surface area contributed by atoms with E-state index in [1.54, 1.807) is 0 Å². The summed E-state index contributed by atoms with van der Waals surface area (Å²) in [6.45, 7) is 3.92. The highest BCUT2D eigenvalue weighted by molar-refractivity contribution is 5.75. The minimum Gasteiger partial charge on any atom is -0.481 e. The van der Waals surface area contributed by atoms with Gasteiger partial charge in [0.2, 0.25) is 0 Å². The van der Waals surface area contributed by atoms with Crippen molar-refractivity contribution in [2.75, 3.05) is 13.1 Å². The fraction of sp³-hybridized carbons (Fsp3) is 0.429. The van der Waals surface area contributed by atoms with Crippen LogP contribution in [0.2, 0.25) is 0 Å². The molecule has 0 aliphatic heterocycles. The molecule has 0 atom stereocenters. The van der Waals surface area contributed by atoms with Crippen molar-refractivity contribution in [3.63, 3.8) is 0 Å². The highest BCUT2D eigenvalue weighted by Crippen LogP contribution is 1.75. The van der Waals surface area contributed by atoms with Gasteiger partial charge in [-0.25, -0.2) is 4.79 Å². The smallest absolute Gasteiger partial charge is 0.315 e. The number of urea groups is 1. The van der Waals surface area contributed by atoms with Gasteiger partial charge in [0.1, 0.15) is 0 Å². The number of carboxylic acids is 1. The van der Waals surface area contributed by atoms with Crippen molar-refractivity contribution in [1.82, 2.24) is 10.6 Å². The van der Waals surface area contributed by atoms with E-state index in [2.05, 4.69) is 17.2 Å². The maximum absolute atomic E-state index is 10.7. The molecular weight excluding hydrogens is 160 g/mol. The van der Waals surface area contributed by atoms with Crippen LogP contribution in [-0.2, 0) is 4.79 Å². The third-order valence-corrected chi connectivity index (χ3v) is 1.03.